The third-order valence-electron chi connectivity index (χ3n) is 1.94. The van der Waals surface area contributed by atoms with E-state index in [-0.39, 0.29) is 30.9 Å². The van der Waals surface area contributed by atoms with Gasteiger partial charge in [0.15, 0.2) is 0 Å². The lowest BCUT2D eigenvalue weighted by molar-refractivity contribution is -0.145. The van der Waals surface area contributed by atoms with Crippen LogP contribution in [0, 0.1) is 5.92 Å². The zero-order valence-electron chi connectivity index (χ0n) is 9.70. The van der Waals surface area contributed by atoms with Crippen molar-refractivity contribution in [3.8, 4) is 0 Å². The van der Waals surface area contributed by atoms with E-state index in [1.165, 1.54) is 7.11 Å². The number of hydrogen-bond donors (Lipinski definition) is 0. The van der Waals surface area contributed by atoms with Crippen molar-refractivity contribution in [2.24, 2.45) is 5.92 Å². The Balaban J connectivity index is 3.99. The molecule has 0 bridgehead atoms. The van der Waals surface area contributed by atoms with Crippen LogP contribution in [0.1, 0.15) is 27.2 Å². The lowest BCUT2D eigenvalue weighted by atomic mass is 10.0. The smallest absolute Gasteiger partial charge is 0.333 e. The first-order valence-electron chi connectivity index (χ1n) is 4.93. The summed E-state index contributed by atoms with van der Waals surface area (Å²) in [6.45, 7) is 5.68. The Labute approximate surface area is 90.2 Å². The Morgan fingerprint density at radius 3 is 2.33 bits per heavy atom. The molecule has 0 saturated carbocycles. The van der Waals surface area contributed by atoms with E-state index in [2.05, 4.69) is 4.74 Å². The van der Waals surface area contributed by atoms with Gasteiger partial charge in [0.1, 0.15) is 6.61 Å². The van der Waals surface area contributed by atoms with Gasteiger partial charge in [-0.3, -0.25) is 4.79 Å². The molecule has 0 aromatic heterocycles. The van der Waals surface area contributed by atoms with Crippen LogP contribution in [0.15, 0.2) is 11.6 Å². The van der Waals surface area contributed by atoms with Crippen molar-refractivity contribution >= 4 is 11.9 Å². The summed E-state index contributed by atoms with van der Waals surface area (Å²) in [7, 11) is 1.30. The molecule has 4 nitrogen and oxygen atoms in total. The minimum atomic E-state index is -0.380. The molecule has 86 valence electrons. The van der Waals surface area contributed by atoms with Crippen LogP contribution in [0.25, 0.3) is 0 Å². The van der Waals surface area contributed by atoms with Crippen molar-refractivity contribution in [1.82, 2.24) is 0 Å². The zero-order chi connectivity index (χ0) is 11.8. The van der Waals surface area contributed by atoms with E-state index < -0.39 is 0 Å². The van der Waals surface area contributed by atoms with Gasteiger partial charge >= 0.3 is 11.9 Å². The number of rotatable bonds is 5. The first-order valence-corrected chi connectivity index (χ1v) is 4.93. The minimum Gasteiger partial charge on any atom is -0.469 e. The van der Waals surface area contributed by atoms with Crippen LogP contribution in [-0.4, -0.2) is 25.7 Å². The molecule has 15 heavy (non-hydrogen) atoms. The third kappa shape index (κ3) is 5.20. The topological polar surface area (TPSA) is 52.6 Å². The van der Waals surface area contributed by atoms with Gasteiger partial charge in [0.2, 0.25) is 0 Å². The predicted molar refractivity (Wildman–Crippen MR) is 56.2 cm³/mol. The summed E-state index contributed by atoms with van der Waals surface area (Å²) in [4.78, 5) is 22.2. The Morgan fingerprint density at radius 2 is 1.93 bits per heavy atom. The monoisotopic (exact) mass is 214 g/mol. The Kier molecular flexibility index (Phi) is 6.42. The van der Waals surface area contributed by atoms with E-state index in [1.54, 1.807) is 13.0 Å². The summed E-state index contributed by atoms with van der Waals surface area (Å²) in [5.74, 6) is -0.619. The molecule has 0 radical (unpaired) electrons. The summed E-state index contributed by atoms with van der Waals surface area (Å²) < 4.78 is 9.34. The number of methoxy groups -OCH3 is 1. The highest BCUT2D eigenvalue weighted by atomic mass is 16.5. The highest BCUT2D eigenvalue weighted by Crippen LogP contribution is 2.11. The molecule has 0 aromatic rings. The van der Waals surface area contributed by atoms with Gasteiger partial charge in [-0.2, -0.15) is 0 Å². The van der Waals surface area contributed by atoms with Gasteiger partial charge in [0, 0.05) is 5.57 Å². The van der Waals surface area contributed by atoms with Gasteiger partial charge < -0.3 is 9.47 Å². The number of hydrogen-bond acceptors (Lipinski definition) is 4. The quantitative estimate of drug-likeness (QED) is 0.516. The molecule has 0 heterocycles. The molecule has 0 saturated heterocycles. The van der Waals surface area contributed by atoms with Gasteiger partial charge in [-0.1, -0.05) is 19.9 Å². The van der Waals surface area contributed by atoms with Crippen molar-refractivity contribution in [3.05, 3.63) is 11.6 Å². The maximum absolute atomic E-state index is 11.4. The van der Waals surface area contributed by atoms with Gasteiger partial charge in [0.05, 0.1) is 13.5 Å². The molecule has 4 heteroatoms. The summed E-state index contributed by atoms with van der Waals surface area (Å²) in [5.41, 5.74) is 0.625. The molecule has 0 aliphatic carbocycles. The third-order valence-corrected chi connectivity index (χ3v) is 1.94. The van der Waals surface area contributed by atoms with E-state index in [9.17, 15) is 9.59 Å². The first-order chi connectivity index (χ1) is 7.02. The SMILES string of the molecule is C/C=C(/C(=O)OCCC(=O)OC)C(C)C. The molecule has 0 aliphatic rings. The fourth-order valence-electron chi connectivity index (χ4n) is 1.10. The average molecular weight is 214 g/mol. The van der Waals surface area contributed by atoms with E-state index in [1.807, 2.05) is 13.8 Å². The number of esters is 2. The summed E-state index contributed by atoms with van der Waals surface area (Å²) in [6, 6.07) is 0. The highest BCUT2D eigenvalue weighted by molar-refractivity contribution is 5.88. The van der Waals surface area contributed by atoms with Crippen molar-refractivity contribution < 1.29 is 19.1 Å². The molecular weight excluding hydrogens is 196 g/mol. The van der Waals surface area contributed by atoms with Crippen LogP contribution in [0.3, 0.4) is 0 Å². The lowest BCUT2D eigenvalue weighted by Crippen LogP contribution is -2.15. The van der Waals surface area contributed by atoms with Crippen molar-refractivity contribution in [2.45, 2.75) is 27.2 Å². The molecule has 0 rings (SSSR count). The van der Waals surface area contributed by atoms with Crippen LogP contribution >= 0.6 is 0 Å². The van der Waals surface area contributed by atoms with Gasteiger partial charge in [-0.05, 0) is 12.8 Å². The van der Waals surface area contributed by atoms with E-state index >= 15 is 0 Å². The summed E-state index contributed by atoms with van der Waals surface area (Å²) in [5, 5.41) is 0. The standard InChI is InChI=1S/C11H18O4/c1-5-9(8(2)3)11(13)15-7-6-10(12)14-4/h5,8H,6-7H2,1-4H3/b9-5+. The summed E-state index contributed by atoms with van der Waals surface area (Å²) in [6.07, 6.45) is 1.82. The molecule has 0 unspecified atom stereocenters. The molecule has 0 N–H and O–H groups in total. The number of ether oxygens (including phenoxy) is 2. The first kappa shape index (κ1) is 13.7. The van der Waals surface area contributed by atoms with Crippen molar-refractivity contribution in [3.63, 3.8) is 0 Å². The predicted octanol–water partition coefficient (Wildman–Crippen LogP) is 1.70. The maximum atomic E-state index is 11.4. The van der Waals surface area contributed by atoms with Crippen LogP contribution < -0.4 is 0 Å². The molecule has 0 amide bonds. The van der Waals surface area contributed by atoms with Crippen LogP contribution in [0.2, 0.25) is 0 Å². The molecule has 0 atom stereocenters. The van der Waals surface area contributed by atoms with E-state index in [0.29, 0.717) is 5.57 Å². The second kappa shape index (κ2) is 7.04. The van der Waals surface area contributed by atoms with Crippen LogP contribution in [-0.2, 0) is 19.1 Å². The molecular formula is C11H18O4. The van der Waals surface area contributed by atoms with Gasteiger partial charge in [0.25, 0.3) is 0 Å². The Hall–Kier alpha value is -1.32. The highest BCUT2D eigenvalue weighted by Gasteiger charge is 2.14. The van der Waals surface area contributed by atoms with Crippen LogP contribution in [0.5, 0.6) is 0 Å². The number of carbonyl (C=O) groups excluding carboxylic acids is 2. The summed E-state index contributed by atoms with van der Waals surface area (Å²) >= 11 is 0. The van der Waals surface area contributed by atoms with Crippen molar-refractivity contribution in [2.75, 3.05) is 13.7 Å². The Bertz CT molecular complexity index is 253. The Morgan fingerprint density at radius 1 is 1.33 bits per heavy atom. The fraction of sp³-hybridized carbons (Fsp3) is 0.636. The van der Waals surface area contributed by atoms with Crippen molar-refractivity contribution in [1.29, 1.82) is 0 Å². The van der Waals surface area contributed by atoms with E-state index in [4.69, 9.17) is 4.74 Å². The fourth-order valence-corrected chi connectivity index (χ4v) is 1.10. The normalized spacial score (nSPS) is 11.4. The van der Waals surface area contributed by atoms with E-state index in [0.717, 1.165) is 0 Å². The second-order valence-electron chi connectivity index (χ2n) is 3.36. The molecule has 0 aromatic carbocycles. The number of allylic oxidation sites excluding steroid dienone is 1. The van der Waals surface area contributed by atoms with Gasteiger partial charge in [-0.15, -0.1) is 0 Å². The average Bonchev–Trinajstić information content (AvgIpc) is 2.17. The largest absolute Gasteiger partial charge is 0.469 e. The van der Waals surface area contributed by atoms with Crippen LogP contribution in [0.4, 0.5) is 0 Å². The molecule has 0 spiro atoms. The minimum absolute atomic E-state index is 0.0650. The number of carbonyl (C=O) groups is 2. The molecule has 0 fully saturated rings. The second-order valence-corrected chi connectivity index (χ2v) is 3.36. The van der Waals surface area contributed by atoms with Gasteiger partial charge in [-0.25, -0.2) is 4.79 Å². The molecule has 0 aliphatic heterocycles. The lowest BCUT2D eigenvalue weighted by Gasteiger charge is -2.09. The zero-order valence-corrected chi connectivity index (χ0v) is 9.70. The maximum Gasteiger partial charge on any atom is 0.333 e.